The Morgan fingerprint density at radius 1 is 1.19 bits per heavy atom. The van der Waals surface area contributed by atoms with Gasteiger partial charge in [-0.3, -0.25) is 9.59 Å². The van der Waals surface area contributed by atoms with Crippen LogP contribution in [0.4, 0.5) is 4.79 Å². The number of nitrogens with one attached hydrogen (secondary N) is 1. The van der Waals surface area contributed by atoms with Crippen LogP contribution in [-0.4, -0.2) is 48.9 Å². The van der Waals surface area contributed by atoms with E-state index in [4.69, 9.17) is 4.74 Å². The first-order valence-electron chi connectivity index (χ1n) is 7.10. The molecule has 0 aromatic rings. The molecule has 0 aliphatic carbocycles. The van der Waals surface area contributed by atoms with E-state index in [9.17, 15) is 14.4 Å². The summed E-state index contributed by atoms with van der Waals surface area (Å²) in [5.74, 6) is -0.186. The predicted octanol–water partition coefficient (Wildman–Crippen LogP) is 1.89. The lowest BCUT2D eigenvalue weighted by Gasteiger charge is -2.19. The zero-order chi connectivity index (χ0) is 16.3. The molecule has 1 N–H and O–H groups in total. The molecule has 0 saturated heterocycles. The zero-order valence-corrected chi connectivity index (χ0v) is 13.3. The predicted molar refractivity (Wildman–Crippen MR) is 80.9 cm³/mol. The van der Waals surface area contributed by atoms with Crippen molar-refractivity contribution in [3.8, 4) is 0 Å². The Kier molecular flexibility index (Phi) is 9.08. The van der Waals surface area contributed by atoms with E-state index in [0.29, 0.717) is 19.4 Å². The molecule has 0 aromatic carbocycles. The highest BCUT2D eigenvalue weighted by molar-refractivity contribution is 5.90. The summed E-state index contributed by atoms with van der Waals surface area (Å²) in [6.07, 6.45) is 5.16. The van der Waals surface area contributed by atoms with Gasteiger partial charge in [0.05, 0.1) is 0 Å². The molecule has 2 amide bonds. The van der Waals surface area contributed by atoms with Gasteiger partial charge < -0.3 is 15.0 Å². The highest BCUT2D eigenvalue weighted by atomic mass is 16.6. The Morgan fingerprint density at radius 3 is 2.43 bits per heavy atom. The summed E-state index contributed by atoms with van der Waals surface area (Å²) in [5, 5.41) is 2.69. The van der Waals surface area contributed by atoms with Crippen LogP contribution in [0.1, 0.15) is 40.0 Å². The number of aldehydes is 1. The lowest BCUT2D eigenvalue weighted by atomic mass is 10.2. The number of rotatable bonds is 8. The van der Waals surface area contributed by atoms with Crippen molar-refractivity contribution < 1.29 is 19.1 Å². The van der Waals surface area contributed by atoms with Crippen molar-refractivity contribution in [1.82, 2.24) is 10.2 Å². The van der Waals surface area contributed by atoms with Gasteiger partial charge in [-0.25, -0.2) is 4.79 Å². The molecule has 0 radical (unpaired) electrons. The number of hydrogen-bond donors (Lipinski definition) is 1. The molecule has 6 heteroatoms. The smallest absolute Gasteiger partial charge is 0.407 e. The minimum Gasteiger partial charge on any atom is -0.444 e. The van der Waals surface area contributed by atoms with Crippen LogP contribution in [-0.2, 0) is 14.3 Å². The molecule has 0 spiro atoms. The molecule has 0 fully saturated rings. The van der Waals surface area contributed by atoms with Gasteiger partial charge in [-0.15, -0.1) is 0 Å². The van der Waals surface area contributed by atoms with Gasteiger partial charge in [0.25, 0.3) is 0 Å². The minimum absolute atomic E-state index is 0.186. The van der Waals surface area contributed by atoms with Gasteiger partial charge in [-0.05, 0) is 46.1 Å². The maximum atomic E-state index is 11.5. The molecule has 21 heavy (non-hydrogen) atoms. The molecule has 0 bridgehead atoms. The van der Waals surface area contributed by atoms with Crippen LogP contribution in [0.5, 0.6) is 0 Å². The molecule has 0 saturated carbocycles. The number of nitrogens with zero attached hydrogens (tertiary/aromatic N) is 1. The fraction of sp³-hybridized carbons (Fsp3) is 0.667. The molecule has 0 aromatic heterocycles. The highest BCUT2D eigenvalue weighted by Gasteiger charge is 2.15. The van der Waals surface area contributed by atoms with Crippen LogP contribution in [0, 0.1) is 0 Å². The molecular formula is C15H26N2O4. The van der Waals surface area contributed by atoms with E-state index < -0.39 is 11.7 Å². The number of ether oxygens (including phenoxy) is 1. The maximum Gasteiger partial charge on any atom is 0.407 e. The molecule has 0 atom stereocenters. The Balaban J connectivity index is 3.64. The van der Waals surface area contributed by atoms with Crippen molar-refractivity contribution in [3.63, 3.8) is 0 Å². The Bertz CT molecular complexity index is 372. The summed E-state index contributed by atoms with van der Waals surface area (Å²) in [6, 6.07) is 0. The van der Waals surface area contributed by atoms with E-state index >= 15 is 0 Å². The normalized spacial score (nSPS) is 11.2. The third-order valence-electron chi connectivity index (χ3n) is 2.53. The maximum absolute atomic E-state index is 11.5. The number of likely N-dealkylation sites (N-methyl/N-ethyl adjacent to an activating group) is 1. The van der Waals surface area contributed by atoms with Gasteiger partial charge in [0.2, 0.25) is 5.91 Å². The number of alkyl carbamates (subject to hydrolysis) is 1. The van der Waals surface area contributed by atoms with E-state index in [0.717, 1.165) is 19.3 Å². The first-order valence-corrected chi connectivity index (χ1v) is 7.10. The van der Waals surface area contributed by atoms with Crippen LogP contribution in [0.3, 0.4) is 0 Å². The van der Waals surface area contributed by atoms with E-state index in [1.54, 1.807) is 11.9 Å². The number of carbonyl (C=O) groups is 3. The molecule has 6 nitrogen and oxygen atoms in total. The van der Waals surface area contributed by atoms with E-state index in [-0.39, 0.29) is 5.91 Å². The van der Waals surface area contributed by atoms with E-state index in [1.807, 2.05) is 20.8 Å². The average Bonchev–Trinajstić information content (AvgIpc) is 2.37. The lowest BCUT2D eigenvalue weighted by molar-refractivity contribution is -0.125. The standard InChI is InChI=1S/C15H26N2O4/c1-15(2,3)21-14(20)16-10-6-5-7-11-17(4)13(19)9-8-12-18/h8-9,12H,5-7,10-11H2,1-4H3,(H,16,20)/b9-8-. The summed E-state index contributed by atoms with van der Waals surface area (Å²) in [4.78, 5) is 34.5. The third kappa shape index (κ3) is 11.7. The van der Waals surface area contributed by atoms with Crippen molar-refractivity contribution >= 4 is 18.3 Å². The number of hydrogen-bond acceptors (Lipinski definition) is 4. The second-order valence-electron chi connectivity index (χ2n) is 5.74. The van der Waals surface area contributed by atoms with Gasteiger partial charge in [-0.2, -0.15) is 0 Å². The van der Waals surface area contributed by atoms with Crippen LogP contribution in [0.25, 0.3) is 0 Å². The first-order chi connectivity index (χ1) is 9.76. The Morgan fingerprint density at radius 2 is 1.86 bits per heavy atom. The minimum atomic E-state index is -0.484. The topological polar surface area (TPSA) is 75.7 Å². The lowest BCUT2D eigenvalue weighted by Crippen LogP contribution is -2.33. The second kappa shape index (κ2) is 9.96. The van der Waals surface area contributed by atoms with Crippen LogP contribution >= 0.6 is 0 Å². The number of carbonyl (C=O) groups excluding carboxylic acids is 3. The molecule has 0 rings (SSSR count). The van der Waals surface area contributed by atoms with Crippen LogP contribution in [0.2, 0.25) is 0 Å². The molecule has 120 valence electrons. The third-order valence-corrected chi connectivity index (χ3v) is 2.53. The van der Waals surface area contributed by atoms with Crippen LogP contribution < -0.4 is 5.32 Å². The molecular weight excluding hydrogens is 272 g/mol. The van der Waals surface area contributed by atoms with Crippen molar-refractivity contribution in [2.75, 3.05) is 20.1 Å². The average molecular weight is 298 g/mol. The first kappa shape index (κ1) is 19.1. The van der Waals surface area contributed by atoms with Crippen molar-refractivity contribution in [3.05, 3.63) is 12.2 Å². The molecule has 0 aliphatic heterocycles. The zero-order valence-electron chi connectivity index (χ0n) is 13.3. The number of amides is 2. The molecule has 0 heterocycles. The fourth-order valence-corrected chi connectivity index (χ4v) is 1.51. The van der Waals surface area contributed by atoms with Crippen molar-refractivity contribution in [1.29, 1.82) is 0 Å². The summed E-state index contributed by atoms with van der Waals surface area (Å²) in [5.41, 5.74) is -0.484. The summed E-state index contributed by atoms with van der Waals surface area (Å²) in [7, 11) is 1.69. The van der Waals surface area contributed by atoms with Gasteiger partial charge >= 0.3 is 6.09 Å². The van der Waals surface area contributed by atoms with Crippen LogP contribution in [0.15, 0.2) is 12.2 Å². The Labute approximate surface area is 126 Å². The summed E-state index contributed by atoms with van der Waals surface area (Å²) >= 11 is 0. The fourth-order valence-electron chi connectivity index (χ4n) is 1.51. The largest absolute Gasteiger partial charge is 0.444 e. The molecule has 0 aliphatic rings. The number of unbranched alkanes of at least 4 members (excludes halogenated alkanes) is 2. The van der Waals surface area contributed by atoms with E-state index in [2.05, 4.69) is 5.32 Å². The Hall–Kier alpha value is -1.85. The second-order valence-corrected chi connectivity index (χ2v) is 5.74. The summed E-state index contributed by atoms with van der Waals surface area (Å²) in [6.45, 7) is 6.63. The van der Waals surface area contributed by atoms with E-state index in [1.165, 1.54) is 12.2 Å². The van der Waals surface area contributed by atoms with Gasteiger partial charge in [0, 0.05) is 26.2 Å². The van der Waals surface area contributed by atoms with Crippen molar-refractivity contribution in [2.45, 2.75) is 45.6 Å². The van der Waals surface area contributed by atoms with Gasteiger partial charge in [-0.1, -0.05) is 0 Å². The quantitative estimate of drug-likeness (QED) is 0.422. The summed E-state index contributed by atoms with van der Waals surface area (Å²) < 4.78 is 5.11. The van der Waals surface area contributed by atoms with Gasteiger partial charge in [0.15, 0.2) is 0 Å². The van der Waals surface area contributed by atoms with Gasteiger partial charge in [0.1, 0.15) is 11.9 Å². The van der Waals surface area contributed by atoms with Crippen molar-refractivity contribution in [2.24, 2.45) is 0 Å². The monoisotopic (exact) mass is 298 g/mol. The highest BCUT2D eigenvalue weighted by Crippen LogP contribution is 2.06. The SMILES string of the molecule is CN(CCCCCNC(=O)OC(C)(C)C)C(=O)/C=C\C=O. The molecule has 0 unspecified atom stereocenters. The number of allylic oxidation sites excluding steroid dienone is 1.